The van der Waals surface area contributed by atoms with Gasteiger partial charge in [0.05, 0.1) is 4.92 Å². The van der Waals surface area contributed by atoms with Crippen LogP contribution in [0.5, 0.6) is 5.75 Å². The standard InChI is InChI=1S/C22H26N2O4/c1-16-8-9-21(20(14-16)24(26)27)28-17(2)22(25)23-12-10-19(11-13-23)15-18-6-4-3-5-7-18/h3-9,14,17,19H,10-13,15H2,1-2H3/t17-/m1/s1. The molecule has 1 amide bonds. The molecule has 0 aliphatic carbocycles. The number of nitrogens with zero attached hydrogens (tertiary/aromatic N) is 2. The second-order valence-electron chi connectivity index (χ2n) is 7.45. The second-order valence-corrected chi connectivity index (χ2v) is 7.45. The number of carbonyl (C=O) groups is 1. The number of rotatable bonds is 6. The van der Waals surface area contributed by atoms with Gasteiger partial charge in [0.2, 0.25) is 0 Å². The highest BCUT2D eigenvalue weighted by Gasteiger charge is 2.28. The van der Waals surface area contributed by atoms with Gasteiger partial charge in [-0.2, -0.15) is 0 Å². The Morgan fingerprint density at radius 3 is 2.54 bits per heavy atom. The van der Waals surface area contributed by atoms with Crippen molar-refractivity contribution < 1.29 is 14.5 Å². The number of likely N-dealkylation sites (tertiary alicyclic amines) is 1. The van der Waals surface area contributed by atoms with E-state index in [0.717, 1.165) is 24.8 Å². The topological polar surface area (TPSA) is 72.7 Å². The first-order valence-electron chi connectivity index (χ1n) is 9.68. The lowest BCUT2D eigenvalue weighted by Crippen LogP contribution is -2.45. The monoisotopic (exact) mass is 382 g/mol. The van der Waals surface area contributed by atoms with E-state index < -0.39 is 11.0 Å². The lowest BCUT2D eigenvalue weighted by Gasteiger charge is -2.33. The number of carbonyl (C=O) groups excluding carboxylic acids is 1. The average molecular weight is 382 g/mol. The van der Waals surface area contributed by atoms with Crippen molar-refractivity contribution in [1.29, 1.82) is 0 Å². The first-order valence-corrected chi connectivity index (χ1v) is 9.68. The number of nitro benzene ring substituents is 1. The summed E-state index contributed by atoms with van der Waals surface area (Å²) in [6, 6.07) is 15.2. The molecule has 0 radical (unpaired) electrons. The molecule has 6 heteroatoms. The maximum atomic E-state index is 12.7. The predicted octanol–water partition coefficient (Wildman–Crippen LogP) is 4.15. The molecule has 1 fully saturated rings. The van der Waals surface area contributed by atoms with E-state index in [1.807, 2.05) is 11.0 Å². The summed E-state index contributed by atoms with van der Waals surface area (Å²) < 4.78 is 5.67. The Bertz CT molecular complexity index is 830. The van der Waals surface area contributed by atoms with Crippen molar-refractivity contribution in [2.75, 3.05) is 13.1 Å². The fourth-order valence-corrected chi connectivity index (χ4v) is 3.67. The molecule has 0 spiro atoms. The maximum Gasteiger partial charge on any atom is 0.311 e. The van der Waals surface area contributed by atoms with Crippen molar-refractivity contribution in [3.05, 3.63) is 69.8 Å². The third-order valence-corrected chi connectivity index (χ3v) is 5.26. The van der Waals surface area contributed by atoms with Gasteiger partial charge < -0.3 is 9.64 Å². The number of amides is 1. The molecule has 0 bridgehead atoms. The van der Waals surface area contributed by atoms with Crippen LogP contribution >= 0.6 is 0 Å². The lowest BCUT2D eigenvalue weighted by molar-refractivity contribution is -0.386. The van der Waals surface area contributed by atoms with Crippen LogP contribution in [0.4, 0.5) is 5.69 Å². The smallest absolute Gasteiger partial charge is 0.311 e. The minimum atomic E-state index is -0.757. The van der Waals surface area contributed by atoms with Crippen molar-refractivity contribution in [3.8, 4) is 5.75 Å². The fraction of sp³-hybridized carbons (Fsp3) is 0.409. The molecule has 1 aliphatic heterocycles. The van der Waals surface area contributed by atoms with Gasteiger partial charge in [0.15, 0.2) is 11.9 Å². The minimum Gasteiger partial charge on any atom is -0.474 e. The van der Waals surface area contributed by atoms with Gasteiger partial charge in [0.1, 0.15) is 0 Å². The van der Waals surface area contributed by atoms with Gasteiger partial charge in [-0.3, -0.25) is 14.9 Å². The fourth-order valence-electron chi connectivity index (χ4n) is 3.67. The Hall–Kier alpha value is -2.89. The summed E-state index contributed by atoms with van der Waals surface area (Å²) >= 11 is 0. The van der Waals surface area contributed by atoms with Gasteiger partial charge in [0.25, 0.3) is 5.91 Å². The highest BCUT2D eigenvalue weighted by atomic mass is 16.6. The Labute approximate surface area is 165 Å². The van der Waals surface area contributed by atoms with Gasteiger partial charge in [-0.25, -0.2) is 0 Å². The van der Waals surface area contributed by atoms with Crippen LogP contribution in [0.1, 0.15) is 30.9 Å². The number of benzene rings is 2. The van der Waals surface area contributed by atoms with Gasteiger partial charge >= 0.3 is 5.69 Å². The van der Waals surface area contributed by atoms with Gasteiger partial charge in [0, 0.05) is 19.2 Å². The summed E-state index contributed by atoms with van der Waals surface area (Å²) in [4.78, 5) is 25.3. The Balaban J connectivity index is 1.56. The Morgan fingerprint density at radius 2 is 1.89 bits per heavy atom. The van der Waals surface area contributed by atoms with Crippen LogP contribution in [0.3, 0.4) is 0 Å². The molecule has 0 unspecified atom stereocenters. The highest BCUT2D eigenvalue weighted by Crippen LogP contribution is 2.29. The third kappa shape index (κ3) is 4.88. The zero-order valence-electron chi connectivity index (χ0n) is 16.3. The molecular formula is C22H26N2O4. The van der Waals surface area contributed by atoms with Crippen molar-refractivity contribution in [2.24, 2.45) is 5.92 Å². The molecule has 2 aromatic rings. The molecular weight excluding hydrogens is 356 g/mol. The van der Waals surface area contributed by atoms with Gasteiger partial charge in [-0.15, -0.1) is 0 Å². The summed E-state index contributed by atoms with van der Waals surface area (Å²) in [6.45, 7) is 4.83. The van der Waals surface area contributed by atoms with Crippen LogP contribution in [0.25, 0.3) is 0 Å². The SMILES string of the molecule is Cc1ccc(O[C@H](C)C(=O)N2CCC(Cc3ccccc3)CC2)c([N+](=O)[O-])c1. The molecule has 6 nitrogen and oxygen atoms in total. The van der Waals surface area contributed by atoms with E-state index in [1.54, 1.807) is 26.0 Å². The van der Waals surface area contributed by atoms with Crippen LogP contribution in [0, 0.1) is 23.0 Å². The summed E-state index contributed by atoms with van der Waals surface area (Å²) in [5.74, 6) is 0.587. The van der Waals surface area contributed by atoms with Crippen molar-refractivity contribution in [1.82, 2.24) is 4.90 Å². The summed E-state index contributed by atoms with van der Waals surface area (Å²) in [5, 5.41) is 11.2. The summed E-state index contributed by atoms with van der Waals surface area (Å²) in [6.07, 6.45) is 2.19. The second kappa shape index (κ2) is 8.87. The molecule has 148 valence electrons. The Kier molecular flexibility index (Phi) is 6.29. The zero-order chi connectivity index (χ0) is 20.1. The van der Waals surface area contributed by atoms with Gasteiger partial charge in [-0.05, 0) is 56.2 Å². The largest absolute Gasteiger partial charge is 0.474 e. The van der Waals surface area contributed by atoms with Crippen LogP contribution in [0.2, 0.25) is 0 Å². The number of hydrogen-bond acceptors (Lipinski definition) is 4. The normalized spacial score (nSPS) is 15.9. The molecule has 0 saturated carbocycles. The molecule has 2 aromatic carbocycles. The highest BCUT2D eigenvalue weighted by molar-refractivity contribution is 5.81. The first-order chi connectivity index (χ1) is 13.4. The molecule has 28 heavy (non-hydrogen) atoms. The molecule has 0 N–H and O–H groups in total. The zero-order valence-corrected chi connectivity index (χ0v) is 16.3. The number of ether oxygens (including phenoxy) is 1. The van der Waals surface area contributed by atoms with Crippen LogP contribution in [0.15, 0.2) is 48.5 Å². The van der Waals surface area contributed by atoms with Crippen LogP contribution in [-0.2, 0) is 11.2 Å². The number of hydrogen-bond donors (Lipinski definition) is 0. The summed E-state index contributed by atoms with van der Waals surface area (Å²) in [5.41, 5.74) is 2.00. The Morgan fingerprint density at radius 1 is 1.21 bits per heavy atom. The quantitative estimate of drug-likeness (QED) is 0.556. The van der Waals surface area contributed by atoms with E-state index in [0.29, 0.717) is 19.0 Å². The third-order valence-electron chi connectivity index (χ3n) is 5.26. The lowest BCUT2D eigenvalue weighted by atomic mass is 9.90. The number of nitro groups is 1. The van der Waals surface area contributed by atoms with Crippen LogP contribution in [-0.4, -0.2) is 34.9 Å². The number of piperidine rings is 1. The molecule has 3 rings (SSSR count). The molecule has 1 saturated heterocycles. The molecule has 0 aromatic heterocycles. The van der Waals surface area contributed by atoms with Crippen molar-refractivity contribution in [2.45, 2.75) is 39.2 Å². The predicted molar refractivity (Wildman–Crippen MR) is 107 cm³/mol. The molecule has 1 heterocycles. The van der Waals surface area contributed by atoms with Crippen LogP contribution < -0.4 is 4.74 Å². The van der Waals surface area contributed by atoms with Gasteiger partial charge in [-0.1, -0.05) is 36.4 Å². The minimum absolute atomic E-state index is 0.110. The molecule has 1 aliphatic rings. The first kappa shape index (κ1) is 19.9. The molecule has 1 atom stereocenters. The van der Waals surface area contributed by atoms with E-state index in [4.69, 9.17) is 4.74 Å². The van der Waals surface area contributed by atoms with E-state index in [2.05, 4.69) is 24.3 Å². The summed E-state index contributed by atoms with van der Waals surface area (Å²) in [7, 11) is 0. The van der Waals surface area contributed by atoms with E-state index in [1.165, 1.54) is 11.6 Å². The van der Waals surface area contributed by atoms with Crippen molar-refractivity contribution >= 4 is 11.6 Å². The van der Waals surface area contributed by atoms with Crippen molar-refractivity contribution in [3.63, 3.8) is 0 Å². The van der Waals surface area contributed by atoms with E-state index in [-0.39, 0.29) is 17.3 Å². The number of aryl methyl sites for hydroxylation is 1. The average Bonchev–Trinajstić information content (AvgIpc) is 2.70. The maximum absolute atomic E-state index is 12.7. The van der Waals surface area contributed by atoms with E-state index in [9.17, 15) is 14.9 Å². The van der Waals surface area contributed by atoms with E-state index >= 15 is 0 Å².